The average Bonchev–Trinajstić information content (AvgIpc) is 3.31. The number of aliphatic hydroxyl groups excluding tert-OH is 1. The van der Waals surface area contributed by atoms with Gasteiger partial charge in [-0.25, -0.2) is 0 Å². The number of aliphatic hydroxyl groups is 1. The molecule has 166 valence electrons. The van der Waals surface area contributed by atoms with E-state index in [1.165, 1.54) is 0 Å². The van der Waals surface area contributed by atoms with E-state index in [0.29, 0.717) is 12.8 Å². The van der Waals surface area contributed by atoms with Crippen LogP contribution in [0.3, 0.4) is 0 Å². The highest BCUT2D eigenvalue weighted by Crippen LogP contribution is 2.56. The summed E-state index contributed by atoms with van der Waals surface area (Å²) in [7, 11) is 0. The summed E-state index contributed by atoms with van der Waals surface area (Å²) in [5, 5.41) is 10.2. The van der Waals surface area contributed by atoms with Crippen LogP contribution in [0.25, 0.3) is 0 Å². The van der Waals surface area contributed by atoms with Gasteiger partial charge in [-0.15, -0.1) is 0 Å². The second-order valence-electron chi connectivity index (χ2n) is 9.30. The fourth-order valence-electron chi connectivity index (χ4n) is 5.67. The minimum Gasteiger partial charge on any atom is -0.458 e. The van der Waals surface area contributed by atoms with Crippen molar-refractivity contribution in [3.8, 4) is 0 Å². The van der Waals surface area contributed by atoms with Gasteiger partial charge in [-0.2, -0.15) is 0 Å². The van der Waals surface area contributed by atoms with Gasteiger partial charge in [-0.3, -0.25) is 9.59 Å². The zero-order valence-electron chi connectivity index (χ0n) is 18.0. The monoisotopic (exact) mass is 418 g/mol. The van der Waals surface area contributed by atoms with Crippen LogP contribution in [0.15, 0.2) is 24.3 Å². The quantitative estimate of drug-likeness (QED) is 0.387. The molecule has 0 saturated carbocycles. The highest BCUT2D eigenvalue weighted by Gasteiger charge is 2.68. The lowest BCUT2D eigenvalue weighted by Crippen LogP contribution is -2.44. The first-order chi connectivity index (χ1) is 14.5. The van der Waals surface area contributed by atoms with E-state index in [1.807, 2.05) is 25.2 Å². The van der Waals surface area contributed by atoms with Crippen molar-refractivity contribution >= 4 is 11.9 Å². The van der Waals surface area contributed by atoms with Gasteiger partial charge in [0.05, 0.1) is 17.6 Å². The van der Waals surface area contributed by atoms with Crippen LogP contribution in [0.1, 0.15) is 65.2 Å². The van der Waals surface area contributed by atoms with Crippen molar-refractivity contribution in [1.82, 2.24) is 0 Å². The zero-order valence-corrected chi connectivity index (χ0v) is 18.0. The third kappa shape index (κ3) is 3.73. The second kappa shape index (κ2) is 8.83. The van der Waals surface area contributed by atoms with Crippen LogP contribution in [0, 0.1) is 17.3 Å². The number of unbranched alkanes of at least 4 members (excludes halogenated alkanes) is 3. The number of allylic oxidation sites excluding steroid dienone is 3. The number of esters is 2. The van der Waals surface area contributed by atoms with Crippen molar-refractivity contribution in [3.05, 3.63) is 24.3 Å². The molecule has 0 aromatic heterocycles. The Kier molecular flexibility index (Phi) is 6.35. The van der Waals surface area contributed by atoms with Crippen LogP contribution in [-0.2, 0) is 23.8 Å². The molecule has 30 heavy (non-hydrogen) atoms. The summed E-state index contributed by atoms with van der Waals surface area (Å²) in [6, 6.07) is 0. The normalized spacial score (nSPS) is 42.8. The molecule has 6 heteroatoms. The molecule has 1 spiro atoms. The molecule has 0 amide bonds. The molecule has 0 bridgehead atoms. The minimum absolute atomic E-state index is 0.00427. The Labute approximate surface area is 178 Å². The van der Waals surface area contributed by atoms with E-state index >= 15 is 0 Å². The summed E-state index contributed by atoms with van der Waals surface area (Å²) < 4.78 is 17.3. The third-order valence-corrected chi connectivity index (χ3v) is 7.25. The number of hydrogen-bond donors (Lipinski definition) is 1. The summed E-state index contributed by atoms with van der Waals surface area (Å²) in [5.74, 6) is -1.42. The van der Waals surface area contributed by atoms with Gasteiger partial charge in [0.15, 0.2) is 6.10 Å². The fourth-order valence-corrected chi connectivity index (χ4v) is 5.67. The SMILES string of the molecule is CCCCCCC1OC(=O)C2C1OC(=O)C21CCC=CC1C=CC1OC(C)CC1O. The van der Waals surface area contributed by atoms with E-state index in [4.69, 9.17) is 14.2 Å². The molecular formula is C24H34O6. The maximum absolute atomic E-state index is 13.2. The van der Waals surface area contributed by atoms with Gasteiger partial charge in [0.2, 0.25) is 0 Å². The van der Waals surface area contributed by atoms with Crippen LogP contribution >= 0.6 is 0 Å². The molecule has 4 aliphatic rings. The van der Waals surface area contributed by atoms with Crippen LogP contribution in [0.4, 0.5) is 0 Å². The number of fused-ring (bicyclic) bond motifs is 2. The molecule has 8 unspecified atom stereocenters. The van der Waals surface area contributed by atoms with Crippen LogP contribution in [0.5, 0.6) is 0 Å². The highest BCUT2D eigenvalue weighted by molar-refractivity contribution is 5.91. The summed E-state index contributed by atoms with van der Waals surface area (Å²) in [6.07, 6.45) is 13.1. The molecule has 3 fully saturated rings. The number of carbonyl (C=O) groups excluding carboxylic acids is 2. The Bertz CT molecular complexity index is 714. The van der Waals surface area contributed by atoms with Gasteiger partial charge < -0.3 is 19.3 Å². The van der Waals surface area contributed by atoms with Crippen LogP contribution in [0.2, 0.25) is 0 Å². The number of hydrogen-bond acceptors (Lipinski definition) is 6. The van der Waals surface area contributed by atoms with E-state index in [2.05, 4.69) is 13.0 Å². The zero-order chi connectivity index (χ0) is 21.3. The van der Waals surface area contributed by atoms with Gasteiger partial charge in [0.25, 0.3) is 0 Å². The molecule has 1 aliphatic carbocycles. The van der Waals surface area contributed by atoms with Crippen LogP contribution < -0.4 is 0 Å². The second-order valence-corrected chi connectivity index (χ2v) is 9.30. The Morgan fingerprint density at radius 3 is 2.77 bits per heavy atom. The Balaban J connectivity index is 1.53. The van der Waals surface area contributed by atoms with E-state index in [1.54, 1.807) is 0 Å². The molecule has 0 aromatic rings. The Morgan fingerprint density at radius 1 is 1.20 bits per heavy atom. The van der Waals surface area contributed by atoms with Gasteiger partial charge >= 0.3 is 11.9 Å². The van der Waals surface area contributed by atoms with Crippen molar-refractivity contribution in [3.63, 3.8) is 0 Å². The molecule has 4 rings (SSSR count). The first-order valence-corrected chi connectivity index (χ1v) is 11.6. The standard InChI is InChI=1S/C24H34O6/c1-3-4-5-6-10-19-21-20(22(26)29-19)24(23(27)30-21)13-8-7-9-16(24)11-12-18-17(25)14-15(2)28-18/h7,9,11-12,15-21,25H,3-6,8,10,13-14H2,1-2H3. The van der Waals surface area contributed by atoms with Crippen LogP contribution in [-0.4, -0.2) is 47.6 Å². The fraction of sp³-hybridized carbons (Fsp3) is 0.750. The third-order valence-electron chi connectivity index (χ3n) is 7.25. The summed E-state index contributed by atoms with van der Waals surface area (Å²) in [4.78, 5) is 26.1. The van der Waals surface area contributed by atoms with E-state index < -0.39 is 23.5 Å². The van der Waals surface area contributed by atoms with Crippen molar-refractivity contribution in [2.45, 2.75) is 95.7 Å². The Morgan fingerprint density at radius 2 is 2.03 bits per heavy atom. The van der Waals surface area contributed by atoms with Crippen molar-refractivity contribution in [2.24, 2.45) is 17.3 Å². The summed E-state index contributed by atoms with van der Waals surface area (Å²) >= 11 is 0. The molecule has 1 N–H and O–H groups in total. The largest absolute Gasteiger partial charge is 0.458 e. The minimum atomic E-state index is -0.916. The van der Waals surface area contributed by atoms with E-state index in [0.717, 1.165) is 38.5 Å². The van der Waals surface area contributed by atoms with Gasteiger partial charge in [0, 0.05) is 12.3 Å². The lowest BCUT2D eigenvalue weighted by atomic mass is 9.61. The number of rotatable bonds is 7. The maximum atomic E-state index is 13.2. The lowest BCUT2D eigenvalue weighted by molar-refractivity contribution is -0.162. The number of cyclic esters (lactones) is 1. The summed E-state index contributed by atoms with van der Waals surface area (Å²) in [6.45, 7) is 4.10. The van der Waals surface area contributed by atoms with E-state index in [-0.39, 0.29) is 36.2 Å². The number of carbonyl (C=O) groups is 2. The number of ether oxygens (including phenoxy) is 3. The highest BCUT2D eigenvalue weighted by atomic mass is 16.6. The predicted molar refractivity (Wildman–Crippen MR) is 110 cm³/mol. The molecule has 3 heterocycles. The molecular weight excluding hydrogens is 384 g/mol. The van der Waals surface area contributed by atoms with Crippen molar-refractivity contribution in [1.29, 1.82) is 0 Å². The Hall–Kier alpha value is -1.66. The van der Waals surface area contributed by atoms with E-state index in [9.17, 15) is 14.7 Å². The molecule has 0 aromatic carbocycles. The molecule has 3 saturated heterocycles. The predicted octanol–water partition coefficient (Wildman–Crippen LogP) is 3.47. The van der Waals surface area contributed by atoms with Gasteiger partial charge in [0.1, 0.15) is 18.1 Å². The molecule has 0 radical (unpaired) electrons. The summed E-state index contributed by atoms with van der Waals surface area (Å²) in [5.41, 5.74) is -0.916. The molecule has 6 nitrogen and oxygen atoms in total. The first-order valence-electron chi connectivity index (χ1n) is 11.6. The average molecular weight is 419 g/mol. The topological polar surface area (TPSA) is 82.1 Å². The molecule has 3 aliphatic heterocycles. The smallest absolute Gasteiger partial charge is 0.314 e. The van der Waals surface area contributed by atoms with Gasteiger partial charge in [-0.1, -0.05) is 50.5 Å². The van der Waals surface area contributed by atoms with Gasteiger partial charge in [-0.05, 0) is 32.6 Å². The van der Waals surface area contributed by atoms with Crippen molar-refractivity contribution in [2.75, 3.05) is 0 Å². The first kappa shape index (κ1) is 21.6. The lowest BCUT2D eigenvalue weighted by Gasteiger charge is -2.36. The molecule has 8 atom stereocenters. The van der Waals surface area contributed by atoms with Crippen molar-refractivity contribution < 1.29 is 28.9 Å². The maximum Gasteiger partial charge on any atom is 0.314 e.